The maximum Gasteiger partial charge on any atom is 0.230 e. The molecule has 0 spiro atoms. The topological polar surface area (TPSA) is 50.7 Å². The lowest BCUT2D eigenvalue weighted by molar-refractivity contribution is -0.115. The average molecular weight is 294 g/mol. The Labute approximate surface area is 129 Å². The fourth-order valence-corrected chi connectivity index (χ4v) is 2.47. The van der Waals surface area contributed by atoms with Gasteiger partial charge in [0.05, 0.1) is 30.6 Å². The largest absolute Gasteiger partial charge is 0.497 e. The fourth-order valence-electron chi connectivity index (χ4n) is 2.47. The maximum absolute atomic E-state index is 12.1. The molecule has 2 aromatic carbocycles. The van der Waals surface area contributed by atoms with E-state index in [0.29, 0.717) is 0 Å². The molecule has 0 saturated carbocycles. The van der Waals surface area contributed by atoms with Crippen molar-refractivity contribution in [3.8, 4) is 5.75 Å². The number of ether oxygens (including phenoxy) is 1. The van der Waals surface area contributed by atoms with Gasteiger partial charge in [0, 0.05) is 0 Å². The van der Waals surface area contributed by atoms with E-state index in [4.69, 9.17) is 9.73 Å². The molecule has 0 fully saturated rings. The minimum atomic E-state index is -0.0448. The molecular weight excluding hydrogens is 276 g/mol. The number of rotatable bonds is 2. The summed E-state index contributed by atoms with van der Waals surface area (Å²) in [6.45, 7) is 4.08. The van der Waals surface area contributed by atoms with E-state index >= 15 is 0 Å². The Hall–Kier alpha value is -2.62. The summed E-state index contributed by atoms with van der Waals surface area (Å²) in [5.74, 6) is 0.742. The van der Waals surface area contributed by atoms with E-state index in [2.05, 4.69) is 5.32 Å². The lowest BCUT2D eigenvalue weighted by Gasteiger charge is -2.08. The first kappa shape index (κ1) is 14.3. The van der Waals surface area contributed by atoms with Crippen LogP contribution in [0.2, 0.25) is 0 Å². The van der Waals surface area contributed by atoms with Crippen LogP contribution in [0.25, 0.3) is 0 Å². The highest BCUT2D eigenvalue weighted by Gasteiger charge is 2.18. The van der Waals surface area contributed by atoms with Crippen molar-refractivity contribution in [3.05, 3.63) is 53.1 Å². The summed E-state index contributed by atoms with van der Waals surface area (Å²) in [6, 6.07) is 11.6. The molecule has 3 rings (SSSR count). The van der Waals surface area contributed by atoms with Crippen molar-refractivity contribution in [1.82, 2.24) is 0 Å². The number of amides is 1. The van der Waals surface area contributed by atoms with Crippen LogP contribution in [0.3, 0.4) is 0 Å². The number of carbonyl (C=O) groups excluding carboxylic acids is 1. The maximum atomic E-state index is 12.1. The Bertz CT molecular complexity index is 761. The molecule has 22 heavy (non-hydrogen) atoms. The van der Waals surface area contributed by atoms with Crippen LogP contribution in [0.1, 0.15) is 23.1 Å². The van der Waals surface area contributed by atoms with Gasteiger partial charge in [-0.25, -0.2) is 0 Å². The van der Waals surface area contributed by atoms with E-state index in [1.165, 1.54) is 0 Å². The number of hydrogen-bond acceptors (Lipinski definition) is 3. The number of nitrogens with one attached hydrogen (secondary N) is 1. The second-order valence-electron chi connectivity index (χ2n) is 5.47. The smallest absolute Gasteiger partial charge is 0.230 e. The molecule has 1 aliphatic heterocycles. The number of carbonyl (C=O) groups is 1. The number of anilines is 1. The summed E-state index contributed by atoms with van der Waals surface area (Å²) < 4.78 is 5.17. The third-order valence-corrected chi connectivity index (χ3v) is 3.89. The van der Waals surface area contributed by atoms with Gasteiger partial charge in [0.2, 0.25) is 5.91 Å². The Morgan fingerprint density at radius 2 is 1.77 bits per heavy atom. The van der Waals surface area contributed by atoms with Gasteiger partial charge in [0.25, 0.3) is 0 Å². The number of methoxy groups -OCH3 is 1. The summed E-state index contributed by atoms with van der Waals surface area (Å²) in [4.78, 5) is 16.8. The van der Waals surface area contributed by atoms with Gasteiger partial charge in [0.15, 0.2) is 0 Å². The third-order valence-electron chi connectivity index (χ3n) is 3.89. The summed E-state index contributed by atoms with van der Waals surface area (Å²) in [6.07, 6.45) is 0.263. The van der Waals surface area contributed by atoms with Crippen LogP contribution >= 0.6 is 0 Å². The Morgan fingerprint density at radius 3 is 2.45 bits per heavy atom. The highest BCUT2D eigenvalue weighted by atomic mass is 16.5. The first-order chi connectivity index (χ1) is 10.6. The van der Waals surface area contributed by atoms with Gasteiger partial charge >= 0.3 is 0 Å². The van der Waals surface area contributed by atoms with E-state index < -0.39 is 0 Å². The first-order valence-electron chi connectivity index (χ1n) is 7.20. The van der Waals surface area contributed by atoms with Crippen LogP contribution in [0.4, 0.5) is 11.4 Å². The van der Waals surface area contributed by atoms with Crippen LogP contribution in [-0.2, 0) is 4.79 Å². The Kier molecular flexibility index (Phi) is 3.67. The van der Waals surface area contributed by atoms with Crippen molar-refractivity contribution in [2.24, 2.45) is 4.99 Å². The minimum absolute atomic E-state index is 0.0448. The van der Waals surface area contributed by atoms with Gasteiger partial charge in [-0.1, -0.05) is 0 Å². The number of aliphatic imine (C=N–C) groups is 1. The van der Waals surface area contributed by atoms with Gasteiger partial charge in [0.1, 0.15) is 5.75 Å². The predicted octanol–water partition coefficient (Wildman–Crippen LogP) is 3.78. The first-order valence-corrected chi connectivity index (χ1v) is 7.20. The van der Waals surface area contributed by atoms with Crippen molar-refractivity contribution < 1.29 is 9.53 Å². The molecule has 1 N–H and O–H groups in total. The summed E-state index contributed by atoms with van der Waals surface area (Å²) in [5.41, 5.74) is 5.58. The number of benzene rings is 2. The molecule has 0 aromatic heterocycles. The lowest BCUT2D eigenvalue weighted by atomic mass is 10.1. The summed E-state index contributed by atoms with van der Waals surface area (Å²) in [5, 5.41) is 2.93. The lowest BCUT2D eigenvalue weighted by Crippen LogP contribution is -2.15. The fraction of sp³-hybridized carbons (Fsp3) is 0.222. The predicted molar refractivity (Wildman–Crippen MR) is 88.4 cm³/mol. The zero-order valence-corrected chi connectivity index (χ0v) is 12.9. The molecule has 0 aliphatic carbocycles. The summed E-state index contributed by atoms with van der Waals surface area (Å²) in [7, 11) is 1.63. The van der Waals surface area contributed by atoms with Gasteiger partial charge < -0.3 is 10.1 Å². The Balaban J connectivity index is 2.07. The summed E-state index contributed by atoms with van der Waals surface area (Å²) >= 11 is 0. The zero-order valence-electron chi connectivity index (χ0n) is 12.9. The van der Waals surface area contributed by atoms with Crippen LogP contribution in [0.15, 0.2) is 41.4 Å². The molecule has 0 unspecified atom stereocenters. The third kappa shape index (κ3) is 2.72. The SMILES string of the molecule is COc1ccc(C2=Nc3cc(C)c(C)cc3NC(=O)C2)cc1. The number of aryl methyl sites for hydroxylation is 2. The Morgan fingerprint density at radius 1 is 1.09 bits per heavy atom. The van der Waals surface area contributed by atoms with Gasteiger partial charge in [-0.2, -0.15) is 0 Å². The molecule has 112 valence electrons. The highest BCUT2D eigenvalue weighted by molar-refractivity contribution is 6.17. The van der Waals surface area contributed by atoms with Crippen LogP contribution < -0.4 is 10.1 Å². The van der Waals surface area contributed by atoms with E-state index in [1.807, 2.05) is 50.2 Å². The van der Waals surface area contributed by atoms with Crippen LogP contribution in [-0.4, -0.2) is 18.7 Å². The molecule has 0 bridgehead atoms. The second-order valence-corrected chi connectivity index (χ2v) is 5.47. The zero-order chi connectivity index (χ0) is 15.7. The van der Waals surface area contributed by atoms with Gasteiger partial charge in [-0.15, -0.1) is 0 Å². The van der Waals surface area contributed by atoms with Crippen molar-refractivity contribution >= 4 is 23.0 Å². The quantitative estimate of drug-likeness (QED) is 0.916. The molecular formula is C18H18N2O2. The molecule has 4 heteroatoms. The van der Waals surface area contributed by atoms with Crippen molar-refractivity contribution in [2.45, 2.75) is 20.3 Å². The molecule has 1 aliphatic rings. The molecule has 0 atom stereocenters. The molecule has 4 nitrogen and oxygen atoms in total. The van der Waals surface area contributed by atoms with Crippen molar-refractivity contribution in [1.29, 1.82) is 0 Å². The van der Waals surface area contributed by atoms with E-state index in [0.717, 1.165) is 39.5 Å². The monoisotopic (exact) mass is 294 g/mol. The van der Waals surface area contributed by atoms with E-state index in [-0.39, 0.29) is 12.3 Å². The number of nitrogens with zero attached hydrogens (tertiary/aromatic N) is 1. The molecule has 2 aromatic rings. The van der Waals surface area contributed by atoms with Gasteiger partial charge in [-0.3, -0.25) is 9.79 Å². The standard InChI is InChI=1S/C18H18N2O2/c1-11-8-16-17(9-12(11)2)20-18(21)10-15(19-16)13-4-6-14(22-3)7-5-13/h4-9H,10H2,1-3H3,(H,20,21). The average Bonchev–Trinajstić information content (AvgIpc) is 2.66. The normalized spacial score (nSPS) is 13.8. The van der Waals surface area contributed by atoms with Crippen molar-refractivity contribution in [3.63, 3.8) is 0 Å². The molecule has 0 radical (unpaired) electrons. The second kappa shape index (κ2) is 5.64. The van der Waals surface area contributed by atoms with Crippen LogP contribution in [0.5, 0.6) is 5.75 Å². The van der Waals surface area contributed by atoms with Crippen LogP contribution in [0, 0.1) is 13.8 Å². The molecule has 1 heterocycles. The van der Waals surface area contributed by atoms with E-state index in [1.54, 1.807) is 7.11 Å². The number of fused-ring (bicyclic) bond motifs is 1. The molecule has 1 amide bonds. The number of hydrogen-bond donors (Lipinski definition) is 1. The van der Waals surface area contributed by atoms with Crippen molar-refractivity contribution in [2.75, 3.05) is 12.4 Å². The molecule has 0 saturated heterocycles. The minimum Gasteiger partial charge on any atom is -0.497 e. The van der Waals surface area contributed by atoms with E-state index in [9.17, 15) is 4.79 Å². The highest BCUT2D eigenvalue weighted by Crippen LogP contribution is 2.32. The van der Waals surface area contributed by atoms with Gasteiger partial charge in [-0.05, 0) is 66.9 Å².